The van der Waals surface area contributed by atoms with E-state index in [0.29, 0.717) is 0 Å². The molecule has 3 nitrogen and oxygen atoms in total. The SMILES string of the molecule is O=C(NC(F)(F)F)c1ccncc1. The Morgan fingerprint density at radius 3 is 2.31 bits per heavy atom. The Labute approximate surface area is 71.6 Å². The van der Waals surface area contributed by atoms with Gasteiger partial charge in [0.25, 0.3) is 5.91 Å². The molecule has 1 aromatic heterocycles. The highest BCUT2D eigenvalue weighted by Crippen LogP contribution is 2.10. The van der Waals surface area contributed by atoms with Crippen LogP contribution >= 0.6 is 0 Å². The molecule has 0 saturated heterocycles. The molecule has 70 valence electrons. The average molecular weight is 190 g/mol. The van der Waals surface area contributed by atoms with E-state index >= 15 is 0 Å². The lowest BCUT2D eigenvalue weighted by Crippen LogP contribution is -2.37. The van der Waals surface area contributed by atoms with Crippen molar-refractivity contribution in [2.24, 2.45) is 0 Å². The first kappa shape index (κ1) is 9.50. The number of halogens is 3. The second-order valence-electron chi connectivity index (χ2n) is 2.19. The summed E-state index contributed by atoms with van der Waals surface area (Å²) in [4.78, 5) is 14.4. The van der Waals surface area contributed by atoms with Gasteiger partial charge in [-0.15, -0.1) is 0 Å². The van der Waals surface area contributed by atoms with E-state index in [-0.39, 0.29) is 5.56 Å². The number of rotatable bonds is 1. The number of alkyl halides is 3. The van der Waals surface area contributed by atoms with Crippen molar-refractivity contribution in [1.82, 2.24) is 10.3 Å². The van der Waals surface area contributed by atoms with Crippen LogP contribution in [0.25, 0.3) is 0 Å². The summed E-state index contributed by atoms with van der Waals surface area (Å²) < 4.78 is 34.9. The second-order valence-corrected chi connectivity index (χ2v) is 2.19. The normalized spacial score (nSPS) is 11.0. The molecule has 0 aromatic carbocycles. The van der Waals surface area contributed by atoms with Gasteiger partial charge in [0.15, 0.2) is 0 Å². The van der Waals surface area contributed by atoms with Gasteiger partial charge in [-0.05, 0) is 12.1 Å². The molecule has 0 radical (unpaired) electrons. The van der Waals surface area contributed by atoms with Crippen LogP contribution in [0.15, 0.2) is 24.5 Å². The molecule has 0 spiro atoms. The molecule has 13 heavy (non-hydrogen) atoms. The Hall–Kier alpha value is -1.59. The molecule has 0 atom stereocenters. The first-order valence-corrected chi connectivity index (χ1v) is 3.28. The van der Waals surface area contributed by atoms with Gasteiger partial charge >= 0.3 is 6.30 Å². The van der Waals surface area contributed by atoms with Crippen molar-refractivity contribution >= 4 is 5.91 Å². The van der Waals surface area contributed by atoms with E-state index in [0.717, 1.165) is 5.32 Å². The third-order valence-electron chi connectivity index (χ3n) is 1.20. The van der Waals surface area contributed by atoms with Crippen molar-refractivity contribution in [1.29, 1.82) is 0 Å². The minimum atomic E-state index is -4.69. The summed E-state index contributed by atoms with van der Waals surface area (Å²) in [7, 11) is 0. The maximum Gasteiger partial charge on any atom is 0.484 e. The molecule has 1 heterocycles. The monoisotopic (exact) mass is 190 g/mol. The van der Waals surface area contributed by atoms with Crippen LogP contribution in [-0.4, -0.2) is 17.2 Å². The Balaban J connectivity index is 2.71. The van der Waals surface area contributed by atoms with Crippen molar-refractivity contribution in [3.05, 3.63) is 30.1 Å². The van der Waals surface area contributed by atoms with Crippen LogP contribution in [0.2, 0.25) is 0 Å². The van der Waals surface area contributed by atoms with Crippen molar-refractivity contribution in [2.75, 3.05) is 0 Å². The number of amides is 1. The molecular formula is C7H5F3N2O. The maximum atomic E-state index is 11.6. The van der Waals surface area contributed by atoms with Gasteiger partial charge in [0, 0.05) is 18.0 Å². The summed E-state index contributed by atoms with van der Waals surface area (Å²) in [5, 5.41) is 0.869. The van der Waals surface area contributed by atoms with Gasteiger partial charge < -0.3 is 0 Å². The van der Waals surface area contributed by atoms with Crippen LogP contribution in [0.4, 0.5) is 13.2 Å². The highest BCUT2D eigenvalue weighted by atomic mass is 19.4. The summed E-state index contributed by atoms with van der Waals surface area (Å²) in [6.07, 6.45) is -2.21. The number of nitrogens with one attached hydrogen (secondary N) is 1. The van der Waals surface area contributed by atoms with Crippen molar-refractivity contribution in [3.8, 4) is 0 Å². The lowest BCUT2D eigenvalue weighted by molar-refractivity contribution is -0.146. The van der Waals surface area contributed by atoms with Crippen LogP contribution in [0, 0.1) is 0 Å². The first-order valence-electron chi connectivity index (χ1n) is 3.28. The summed E-state index contributed by atoms with van der Waals surface area (Å²) in [5.74, 6) is -1.19. The Morgan fingerprint density at radius 1 is 1.31 bits per heavy atom. The smallest absolute Gasteiger partial charge is 0.269 e. The van der Waals surface area contributed by atoms with Gasteiger partial charge in [-0.1, -0.05) is 0 Å². The van der Waals surface area contributed by atoms with E-state index in [4.69, 9.17) is 0 Å². The summed E-state index contributed by atoms with van der Waals surface area (Å²) in [6, 6.07) is 2.39. The van der Waals surface area contributed by atoms with Gasteiger partial charge in [0.2, 0.25) is 0 Å². The molecule has 0 aliphatic rings. The summed E-state index contributed by atoms with van der Waals surface area (Å²) >= 11 is 0. The standard InChI is InChI=1S/C7H5F3N2O/c8-7(9,10)12-6(13)5-1-3-11-4-2-5/h1-4H,(H,12,13). The minimum Gasteiger partial charge on any atom is -0.269 e. The third-order valence-corrected chi connectivity index (χ3v) is 1.20. The predicted octanol–water partition coefficient (Wildman–Crippen LogP) is 1.33. The fraction of sp³-hybridized carbons (Fsp3) is 0.143. The number of pyridine rings is 1. The quantitative estimate of drug-likeness (QED) is 0.679. The predicted molar refractivity (Wildman–Crippen MR) is 37.8 cm³/mol. The Morgan fingerprint density at radius 2 is 1.85 bits per heavy atom. The maximum absolute atomic E-state index is 11.6. The highest BCUT2D eigenvalue weighted by Gasteiger charge is 2.30. The van der Waals surface area contributed by atoms with E-state index < -0.39 is 12.2 Å². The van der Waals surface area contributed by atoms with Crippen LogP contribution < -0.4 is 5.32 Å². The molecule has 1 amide bonds. The summed E-state index contributed by atoms with van der Waals surface area (Å²) in [6.45, 7) is 0. The number of carbonyl (C=O) groups excluding carboxylic acids is 1. The molecule has 6 heteroatoms. The number of nitrogens with zero attached hydrogens (tertiary/aromatic N) is 1. The molecule has 1 rings (SSSR count). The molecule has 0 saturated carbocycles. The molecule has 1 N–H and O–H groups in total. The van der Waals surface area contributed by atoms with E-state index in [9.17, 15) is 18.0 Å². The zero-order chi connectivity index (χ0) is 9.90. The number of hydrogen-bond donors (Lipinski definition) is 1. The minimum absolute atomic E-state index is 0.0766. The average Bonchev–Trinajstić information content (AvgIpc) is 2.03. The molecule has 0 unspecified atom stereocenters. The van der Waals surface area contributed by atoms with Crippen LogP contribution in [-0.2, 0) is 0 Å². The fourth-order valence-corrected chi connectivity index (χ4v) is 0.704. The lowest BCUT2D eigenvalue weighted by atomic mass is 10.2. The van der Waals surface area contributed by atoms with Crippen LogP contribution in [0.5, 0.6) is 0 Å². The van der Waals surface area contributed by atoms with Crippen molar-refractivity contribution in [3.63, 3.8) is 0 Å². The van der Waals surface area contributed by atoms with E-state index in [2.05, 4.69) is 4.98 Å². The topological polar surface area (TPSA) is 42.0 Å². The number of carbonyl (C=O) groups is 1. The Kier molecular flexibility index (Phi) is 2.50. The second kappa shape index (κ2) is 3.42. The van der Waals surface area contributed by atoms with Crippen LogP contribution in [0.3, 0.4) is 0 Å². The van der Waals surface area contributed by atoms with Gasteiger partial charge in [0.1, 0.15) is 0 Å². The number of aromatic nitrogens is 1. The largest absolute Gasteiger partial charge is 0.484 e. The first-order chi connectivity index (χ1) is 5.99. The zero-order valence-corrected chi connectivity index (χ0v) is 6.30. The Bertz CT molecular complexity index is 296. The molecule has 0 aliphatic heterocycles. The van der Waals surface area contributed by atoms with Gasteiger partial charge in [-0.2, -0.15) is 13.2 Å². The van der Waals surface area contributed by atoms with E-state index in [1.54, 1.807) is 0 Å². The summed E-state index contributed by atoms with van der Waals surface area (Å²) in [5.41, 5.74) is -0.0766. The van der Waals surface area contributed by atoms with Gasteiger partial charge in [-0.25, -0.2) is 0 Å². The fourth-order valence-electron chi connectivity index (χ4n) is 0.704. The third kappa shape index (κ3) is 3.10. The number of hydrogen-bond acceptors (Lipinski definition) is 2. The van der Waals surface area contributed by atoms with Crippen molar-refractivity contribution in [2.45, 2.75) is 6.30 Å². The van der Waals surface area contributed by atoms with E-state index in [1.807, 2.05) is 0 Å². The van der Waals surface area contributed by atoms with Crippen molar-refractivity contribution < 1.29 is 18.0 Å². The van der Waals surface area contributed by atoms with Crippen LogP contribution in [0.1, 0.15) is 10.4 Å². The lowest BCUT2D eigenvalue weighted by Gasteiger charge is -2.07. The van der Waals surface area contributed by atoms with Gasteiger partial charge in [-0.3, -0.25) is 15.1 Å². The van der Waals surface area contributed by atoms with E-state index in [1.165, 1.54) is 24.5 Å². The molecule has 0 aliphatic carbocycles. The molecule has 1 aromatic rings. The zero-order valence-electron chi connectivity index (χ0n) is 6.30. The highest BCUT2D eigenvalue weighted by molar-refractivity contribution is 5.94. The van der Waals surface area contributed by atoms with Gasteiger partial charge in [0.05, 0.1) is 0 Å². The molecule has 0 bridgehead atoms. The molecular weight excluding hydrogens is 185 g/mol. The molecule has 0 fully saturated rings.